The second kappa shape index (κ2) is 1.84. The van der Waals surface area contributed by atoms with E-state index >= 15 is 0 Å². The zero-order valence-electron chi connectivity index (χ0n) is 5.12. The molecule has 2 aliphatic rings. The van der Waals surface area contributed by atoms with Crippen LogP contribution in [0.4, 0.5) is 0 Å². The van der Waals surface area contributed by atoms with Gasteiger partial charge < -0.3 is 0 Å². The molecule has 9 heavy (non-hydrogen) atoms. The molecule has 3 heteroatoms. The number of hydrogen-bond donors (Lipinski definition) is 1. The van der Waals surface area contributed by atoms with Gasteiger partial charge in [-0.1, -0.05) is 6.08 Å². The molecule has 2 rings (SSSR count). The SMILES string of the molecule is C1=CC2CCNN2N=C1. The van der Waals surface area contributed by atoms with E-state index in [1.165, 1.54) is 6.42 Å². The van der Waals surface area contributed by atoms with E-state index < -0.39 is 0 Å². The molecule has 0 radical (unpaired) electrons. The van der Waals surface area contributed by atoms with Crippen LogP contribution in [0.1, 0.15) is 6.42 Å². The van der Waals surface area contributed by atoms with Crippen molar-refractivity contribution in [2.45, 2.75) is 12.5 Å². The number of nitrogens with zero attached hydrogens (tertiary/aromatic N) is 2. The summed E-state index contributed by atoms with van der Waals surface area (Å²) in [7, 11) is 0. The smallest absolute Gasteiger partial charge is 0.0839 e. The van der Waals surface area contributed by atoms with Crippen LogP contribution in [0.25, 0.3) is 0 Å². The zero-order chi connectivity index (χ0) is 6.10. The lowest BCUT2D eigenvalue weighted by Gasteiger charge is -2.18. The van der Waals surface area contributed by atoms with Crippen molar-refractivity contribution < 1.29 is 0 Å². The topological polar surface area (TPSA) is 27.6 Å². The van der Waals surface area contributed by atoms with Gasteiger partial charge in [0.1, 0.15) is 0 Å². The Labute approximate surface area is 54.0 Å². The monoisotopic (exact) mass is 123 g/mol. The first-order valence-corrected chi connectivity index (χ1v) is 3.20. The quantitative estimate of drug-likeness (QED) is 0.495. The number of hydrogen-bond acceptors (Lipinski definition) is 3. The van der Waals surface area contributed by atoms with Gasteiger partial charge in [0.05, 0.1) is 6.04 Å². The highest BCUT2D eigenvalue weighted by Crippen LogP contribution is 2.11. The van der Waals surface area contributed by atoms with E-state index in [9.17, 15) is 0 Å². The van der Waals surface area contributed by atoms with E-state index in [1.807, 2.05) is 11.2 Å². The van der Waals surface area contributed by atoms with Gasteiger partial charge in [0, 0.05) is 12.8 Å². The molecule has 0 aromatic rings. The van der Waals surface area contributed by atoms with Gasteiger partial charge >= 0.3 is 0 Å². The molecule has 0 amide bonds. The van der Waals surface area contributed by atoms with Crippen LogP contribution in [0.5, 0.6) is 0 Å². The van der Waals surface area contributed by atoms with Gasteiger partial charge in [-0.3, -0.25) is 0 Å². The Kier molecular flexibility index (Phi) is 1.02. The minimum absolute atomic E-state index is 0.509. The maximum Gasteiger partial charge on any atom is 0.0839 e. The lowest BCUT2D eigenvalue weighted by Crippen LogP contribution is -2.32. The molecule has 0 aromatic carbocycles. The number of rotatable bonds is 0. The number of allylic oxidation sites excluding steroid dienone is 1. The lowest BCUT2D eigenvalue weighted by molar-refractivity contribution is 0.225. The normalized spacial score (nSPS) is 31.1. The first-order valence-electron chi connectivity index (χ1n) is 3.20. The molecule has 0 bridgehead atoms. The molecular weight excluding hydrogens is 114 g/mol. The Balaban J connectivity index is 2.18. The highest BCUT2D eigenvalue weighted by molar-refractivity contribution is 5.71. The summed E-state index contributed by atoms with van der Waals surface area (Å²) in [5.74, 6) is 0. The third kappa shape index (κ3) is 0.733. The predicted octanol–water partition coefficient (Wildman–Crippen LogP) is 0.121. The second-order valence-electron chi connectivity index (χ2n) is 2.26. The van der Waals surface area contributed by atoms with E-state index in [0.29, 0.717) is 6.04 Å². The minimum atomic E-state index is 0.509. The first-order chi connectivity index (χ1) is 4.47. The third-order valence-electron chi connectivity index (χ3n) is 1.64. The van der Waals surface area contributed by atoms with Gasteiger partial charge in [-0.15, -0.1) is 0 Å². The van der Waals surface area contributed by atoms with E-state index in [-0.39, 0.29) is 0 Å². The molecule has 2 aliphatic heterocycles. The van der Waals surface area contributed by atoms with Crippen LogP contribution in [0.3, 0.4) is 0 Å². The molecule has 1 atom stereocenters. The van der Waals surface area contributed by atoms with Crippen LogP contribution in [-0.2, 0) is 0 Å². The van der Waals surface area contributed by atoms with Crippen LogP contribution < -0.4 is 5.43 Å². The third-order valence-corrected chi connectivity index (χ3v) is 1.64. The fourth-order valence-electron chi connectivity index (χ4n) is 1.16. The van der Waals surface area contributed by atoms with Crippen molar-refractivity contribution in [3.05, 3.63) is 12.2 Å². The van der Waals surface area contributed by atoms with Crippen molar-refractivity contribution in [3.63, 3.8) is 0 Å². The average Bonchev–Trinajstić information content (AvgIpc) is 2.33. The second-order valence-corrected chi connectivity index (χ2v) is 2.26. The van der Waals surface area contributed by atoms with Crippen molar-refractivity contribution >= 4 is 6.21 Å². The number of hydrazone groups is 1. The van der Waals surface area contributed by atoms with Crippen molar-refractivity contribution in [2.24, 2.45) is 5.10 Å². The number of nitrogens with one attached hydrogen (secondary N) is 1. The van der Waals surface area contributed by atoms with Crippen LogP contribution in [0, 0.1) is 0 Å². The van der Waals surface area contributed by atoms with E-state index in [4.69, 9.17) is 0 Å². The van der Waals surface area contributed by atoms with E-state index in [1.54, 1.807) is 6.21 Å². The molecule has 3 nitrogen and oxygen atoms in total. The summed E-state index contributed by atoms with van der Waals surface area (Å²) in [4.78, 5) is 0. The minimum Gasteiger partial charge on any atom is -0.223 e. The maximum atomic E-state index is 4.10. The molecule has 1 fully saturated rings. The predicted molar refractivity (Wildman–Crippen MR) is 35.9 cm³/mol. The molecule has 1 saturated heterocycles. The summed E-state index contributed by atoms with van der Waals surface area (Å²) in [6.07, 6.45) is 7.13. The Hall–Kier alpha value is -0.830. The Morgan fingerprint density at radius 2 is 2.67 bits per heavy atom. The number of fused-ring (bicyclic) bond motifs is 1. The fourth-order valence-corrected chi connectivity index (χ4v) is 1.16. The fraction of sp³-hybridized carbons (Fsp3) is 0.500. The summed E-state index contributed by atoms with van der Waals surface area (Å²) >= 11 is 0. The Bertz CT molecular complexity index is 144. The van der Waals surface area contributed by atoms with Gasteiger partial charge in [0.2, 0.25) is 0 Å². The molecule has 0 saturated carbocycles. The van der Waals surface area contributed by atoms with Gasteiger partial charge in [-0.25, -0.2) is 10.5 Å². The lowest BCUT2D eigenvalue weighted by atomic mass is 10.2. The van der Waals surface area contributed by atoms with Crippen LogP contribution in [0.2, 0.25) is 0 Å². The van der Waals surface area contributed by atoms with Gasteiger partial charge in [0.15, 0.2) is 0 Å². The highest BCUT2D eigenvalue weighted by Gasteiger charge is 2.20. The Morgan fingerprint density at radius 3 is 3.56 bits per heavy atom. The summed E-state index contributed by atoms with van der Waals surface area (Å²) in [6.45, 7) is 1.05. The largest absolute Gasteiger partial charge is 0.223 e. The van der Waals surface area contributed by atoms with Crippen molar-refractivity contribution in [2.75, 3.05) is 6.54 Å². The molecular formula is C6H9N3. The molecule has 0 spiro atoms. The van der Waals surface area contributed by atoms with Crippen molar-refractivity contribution in [1.29, 1.82) is 0 Å². The van der Waals surface area contributed by atoms with E-state index in [2.05, 4.69) is 16.6 Å². The number of hydrazine groups is 1. The summed E-state index contributed by atoms with van der Waals surface area (Å²) in [6, 6.07) is 0.509. The molecule has 1 unspecified atom stereocenters. The van der Waals surface area contributed by atoms with Crippen molar-refractivity contribution in [1.82, 2.24) is 10.5 Å². The standard InChI is InChI=1S/C6H9N3/c1-2-6-3-5-8-9(6)7-4-1/h1-2,4,6,8H,3,5H2. The highest BCUT2D eigenvalue weighted by atomic mass is 15.7. The Morgan fingerprint density at radius 1 is 1.67 bits per heavy atom. The van der Waals surface area contributed by atoms with Crippen molar-refractivity contribution in [3.8, 4) is 0 Å². The van der Waals surface area contributed by atoms with E-state index in [0.717, 1.165) is 6.54 Å². The summed E-state index contributed by atoms with van der Waals surface area (Å²) in [5, 5.41) is 6.00. The first kappa shape index (κ1) is 4.99. The van der Waals surface area contributed by atoms with Crippen LogP contribution >= 0.6 is 0 Å². The molecule has 2 heterocycles. The van der Waals surface area contributed by atoms with Gasteiger partial charge in [-0.05, 0) is 12.5 Å². The zero-order valence-corrected chi connectivity index (χ0v) is 5.12. The molecule has 1 N–H and O–H groups in total. The maximum absolute atomic E-state index is 4.10. The molecule has 0 aromatic heterocycles. The van der Waals surface area contributed by atoms with Crippen LogP contribution in [0.15, 0.2) is 17.3 Å². The molecule has 0 aliphatic carbocycles. The summed E-state index contributed by atoms with van der Waals surface area (Å²) < 4.78 is 0. The van der Waals surface area contributed by atoms with Gasteiger partial charge in [-0.2, -0.15) is 5.10 Å². The van der Waals surface area contributed by atoms with Gasteiger partial charge in [0.25, 0.3) is 0 Å². The molecule has 48 valence electrons. The summed E-state index contributed by atoms with van der Waals surface area (Å²) in [5.41, 5.74) is 3.14. The van der Waals surface area contributed by atoms with Crippen LogP contribution in [-0.4, -0.2) is 23.9 Å². The average molecular weight is 123 g/mol.